The van der Waals surface area contributed by atoms with Gasteiger partial charge in [-0.15, -0.1) is 11.6 Å². The lowest BCUT2D eigenvalue weighted by Gasteiger charge is -2.19. The molecule has 0 aliphatic carbocycles. The molecule has 4 heteroatoms. The molecule has 0 N–H and O–H groups in total. The Labute approximate surface area is 93.7 Å². The summed E-state index contributed by atoms with van der Waals surface area (Å²) in [7, 11) is 0. The highest BCUT2D eigenvalue weighted by Gasteiger charge is 2.11. The molecule has 84 valence electrons. The molecule has 1 aromatic carbocycles. The van der Waals surface area contributed by atoms with Gasteiger partial charge in [0, 0.05) is 24.5 Å². The molecule has 0 atom stereocenters. The quantitative estimate of drug-likeness (QED) is 0.707. The maximum Gasteiger partial charge on any atom is 0.130 e. The van der Waals surface area contributed by atoms with Crippen LogP contribution in [0.2, 0.25) is 0 Å². The van der Waals surface area contributed by atoms with E-state index in [0.29, 0.717) is 12.4 Å². The summed E-state index contributed by atoms with van der Waals surface area (Å²) < 4.78 is 26.6. The normalized spacial score (nSPS) is 11.0. The number of nitrogens with zero attached hydrogens (tertiary/aromatic N) is 1. The molecule has 0 saturated carbocycles. The van der Waals surface area contributed by atoms with Crippen molar-refractivity contribution in [2.24, 2.45) is 0 Å². The molecule has 0 unspecified atom stereocenters. The minimum Gasteiger partial charge on any atom is -0.298 e. The highest BCUT2D eigenvalue weighted by Crippen LogP contribution is 2.14. The van der Waals surface area contributed by atoms with Crippen molar-refractivity contribution in [3.05, 3.63) is 35.4 Å². The standard InChI is InChI=1S/C11H14ClF2N/c1-2-15(7-6-12)8-9-10(13)4-3-5-11(9)14/h3-5H,2,6-8H2,1H3. The van der Waals surface area contributed by atoms with Gasteiger partial charge in [0.15, 0.2) is 0 Å². The van der Waals surface area contributed by atoms with Crippen molar-refractivity contribution < 1.29 is 8.78 Å². The predicted molar refractivity (Wildman–Crippen MR) is 58.0 cm³/mol. The zero-order valence-corrected chi connectivity index (χ0v) is 9.40. The SMILES string of the molecule is CCN(CCCl)Cc1c(F)cccc1F. The Hall–Kier alpha value is -0.670. The van der Waals surface area contributed by atoms with Gasteiger partial charge in [0.2, 0.25) is 0 Å². The lowest BCUT2D eigenvalue weighted by Crippen LogP contribution is -2.26. The summed E-state index contributed by atoms with van der Waals surface area (Å²) >= 11 is 5.59. The smallest absolute Gasteiger partial charge is 0.130 e. The fourth-order valence-corrected chi connectivity index (χ4v) is 1.61. The molecule has 0 bridgehead atoms. The van der Waals surface area contributed by atoms with E-state index in [-0.39, 0.29) is 12.1 Å². The first-order chi connectivity index (χ1) is 7.19. The van der Waals surface area contributed by atoms with Gasteiger partial charge in [0.25, 0.3) is 0 Å². The highest BCUT2D eigenvalue weighted by atomic mass is 35.5. The number of benzene rings is 1. The van der Waals surface area contributed by atoms with Crippen LogP contribution >= 0.6 is 11.6 Å². The third-order valence-electron chi connectivity index (χ3n) is 2.29. The van der Waals surface area contributed by atoms with E-state index in [1.54, 1.807) is 0 Å². The predicted octanol–water partition coefficient (Wildman–Crippen LogP) is 3.03. The Balaban J connectivity index is 2.78. The van der Waals surface area contributed by atoms with Gasteiger partial charge in [-0.25, -0.2) is 8.78 Å². The molecule has 0 spiro atoms. The first kappa shape index (κ1) is 12.4. The molecule has 0 fully saturated rings. The first-order valence-electron chi connectivity index (χ1n) is 4.90. The van der Waals surface area contributed by atoms with Crippen LogP contribution in [0.4, 0.5) is 8.78 Å². The summed E-state index contributed by atoms with van der Waals surface area (Å²) in [6.45, 7) is 3.55. The van der Waals surface area contributed by atoms with Crippen LogP contribution in [0.25, 0.3) is 0 Å². The first-order valence-corrected chi connectivity index (χ1v) is 5.43. The van der Waals surface area contributed by atoms with Crippen molar-refractivity contribution in [2.45, 2.75) is 13.5 Å². The van der Waals surface area contributed by atoms with Gasteiger partial charge in [-0.2, -0.15) is 0 Å². The Kier molecular flexibility index (Phi) is 4.99. The molecule has 0 aliphatic rings. The van der Waals surface area contributed by atoms with Crippen LogP contribution in [0.3, 0.4) is 0 Å². The van der Waals surface area contributed by atoms with E-state index in [0.717, 1.165) is 6.54 Å². The Morgan fingerprint density at radius 2 is 1.87 bits per heavy atom. The van der Waals surface area contributed by atoms with Crippen LogP contribution < -0.4 is 0 Å². The van der Waals surface area contributed by atoms with E-state index in [1.165, 1.54) is 18.2 Å². The second-order valence-electron chi connectivity index (χ2n) is 3.26. The Morgan fingerprint density at radius 3 is 2.33 bits per heavy atom. The van der Waals surface area contributed by atoms with Crippen molar-refractivity contribution >= 4 is 11.6 Å². The minimum absolute atomic E-state index is 0.115. The van der Waals surface area contributed by atoms with E-state index in [9.17, 15) is 8.78 Å². The topological polar surface area (TPSA) is 3.24 Å². The van der Waals surface area contributed by atoms with E-state index < -0.39 is 11.6 Å². The van der Waals surface area contributed by atoms with Crippen LogP contribution in [0.1, 0.15) is 12.5 Å². The molecule has 1 aromatic rings. The van der Waals surface area contributed by atoms with E-state index in [2.05, 4.69) is 0 Å². The molecule has 0 heterocycles. The lowest BCUT2D eigenvalue weighted by molar-refractivity contribution is 0.287. The fourth-order valence-electron chi connectivity index (χ4n) is 1.38. The zero-order chi connectivity index (χ0) is 11.3. The van der Waals surface area contributed by atoms with Crippen molar-refractivity contribution in [2.75, 3.05) is 19.0 Å². The molecule has 15 heavy (non-hydrogen) atoms. The molecule has 1 rings (SSSR count). The van der Waals surface area contributed by atoms with Crippen LogP contribution in [-0.4, -0.2) is 23.9 Å². The van der Waals surface area contributed by atoms with Gasteiger partial charge < -0.3 is 0 Å². The summed E-state index contributed by atoms with van der Waals surface area (Å²) in [6.07, 6.45) is 0. The minimum atomic E-state index is -0.497. The van der Waals surface area contributed by atoms with Gasteiger partial charge >= 0.3 is 0 Å². The third kappa shape index (κ3) is 3.43. The molecule has 0 aromatic heterocycles. The molecular formula is C11H14ClF2N. The van der Waals surface area contributed by atoms with Gasteiger partial charge in [0.1, 0.15) is 11.6 Å². The average Bonchev–Trinajstić information content (AvgIpc) is 2.22. The van der Waals surface area contributed by atoms with Crippen LogP contribution in [0.15, 0.2) is 18.2 Å². The molecule has 1 nitrogen and oxygen atoms in total. The number of hydrogen-bond donors (Lipinski definition) is 0. The highest BCUT2D eigenvalue weighted by molar-refractivity contribution is 6.18. The average molecular weight is 234 g/mol. The second-order valence-corrected chi connectivity index (χ2v) is 3.64. The van der Waals surface area contributed by atoms with Crippen molar-refractivity contribution in [1.82, 2.24) is 4.90 Å². The van der Waals surface area contributed by atoms with Gasteiger partial charge in [-0.1, -0.05) is 13.0 Å². The van der Waals surface area contributed by atoms with Crippen molar-refractivity contribution in [3.8, 4) is 0 Å². The van der Waals surface area contributed by atoms with Crippen molar-refractivity contribution in [3.63, 3.8) is 0 Å². The maximum absolute atomic E-state index is 13.3. The number of alkyl halides is 1. The second kappa shape index (κ2) is 6.03. The fraction of sp³-hybridized carbons (Fsp3) is 0.455. The largest absolute Gasteiger partial charge is 0.298 e. The molecular weight excluding hydrogens is 220 g/mol. The maximum atomic E-state index is 13.3. The Morgan fingerprint density at radius 1 is 1.27 bits per heavy atom. The summed E-state index contributed by atoms with van der Waals surface area (Å²) in [5.74, 6) is -0.532. The van der Waals surface area contributed by atoms with E-state index in [4.69, 9.17) is 11.6 Å². The van der Waals surface area contributed by atoms with Gasteiger partial charge in [-0.05, 0) is 18.7 Å². The number of halogens is 3. The van der Waals surface area contributed by atoms with Crippen LogP contribution in [-0.2, 0) is 6.54 Å². The number of rotatable bonds is 5. The molecule has 0 amide bonds. The number of hydrogen-bond acceptors (Lipinski definition) is 1. The van der Waals surface area contributed by atoms with Crippen molar-refractivity contribution in [1.29, 1.82) is 0 Å². The third-order valence-corrected chi connectivity index (χ3v) is 2.46. The van der Waals surface area contributed by atoms with Crippen LogP contribution in [0.5, 0.6) is 0 Å². The van der Waals surface area contributed by atoms with Crippen LogP contribution in [0, 0.1) is 11.6 Å². The van der Waals surface area contributed by atoms with E-state index in [1.807, 2.05) is 11.8 Å². The monoisotopic (exact) mass is 233 g/mol. The van der Waals surface area contributed by atoms with Gasteiger partial charge in [-0.3, -0.25) is 4.90 Å². The lowest BCUT2D eigenvalue weighted by atomic mass is 10.2. The molecule has 0 saturated heterocycles. The summed E-state index contributed by atoms with van der Waals surface area (Å²) in [5, 5.41) is 0. The summed E-state index contributed by atoms with van der Waals surface area (Å²) in [6, 6.07) is 3.91. The summed E-state index contributed by atoms with van der Waals surface area (Å²) in [4.78, 5) is 1.90. The van der Waals surface area contributed by atoms with E-state index >= 15 is 0 Å². The zero-order valence-electron chi connectivity index (χ0n) is 8.64. The molecule has 0 aliphatic heterocycles. The Bertz CT molecular complexity index is 297. The molecule has 0 radical (unpaired) electrons. The summed E-state index contributed by atoms with van der Waals surface area (Å²) in [5.41, 5.74) is 0.115. The van der Waals surface area contributed by atoms with Gasteiger partial charge in [0.05, 0.1) is 0 Å².